The van der Waals surface area contributed by atoms with Crippen LogP contribution < -0.4 is 5.32 Å². The molecule has 0 unspecified atom stereocenters. The molecule has 0 atom stereocenters. The van der Waals surface area contributed by atoms with E-state index < -0.39 is 0 Å². The van der Waals surface area contributed by atoms with Crippen molar-refractivity contribution in [3.8, 4) is 11.4 Å². The zero-order valence-corrected chi connectivity index (χ0v) is 14.6. The normalized spacial score (nSPS) is 13.1. The molecule has 25 heavy (non-hydrogen) atoms. The molecular weight excluding hydrogens is 314 g/mol. The number of rotatable bonds is 5. The molecule has 0 saturated heterocycles. The first-order valence-corrected chi connectivity index (χ1v) is 8.73. The Kier molecular flexibility index (Phi) is 4.05. The van der Waals surface area contributed by atoms with Crippen molar-refractivity contribution < 1.29 is 4.79 Å². The number of aromatic nitrogens is 3. The van der Waals surface area contributed by atoms with Gasteiger partial charge in [-0.25, -0.2) is 0 Å². The summed E-state index contributed by atoms with van der Waals surface area (Å²) in [6.45, 7) is 1.66. The lowest BCUT2D eigenvalue weighted by atomic mass is 9.94. The highest BCUT2D eigenvalue weighted by Crippen LogP contribution is 2.36. The summed E-state index contributed by atoms with van der Waals surface area (Å²) in [7, 11) is 4.07. The fourth-order valence-corrected chi connectivity index (χ4v) is 3.55. The van der Waals surface area contributed by atoms with Crippen LogP contribution in [0.5, 0.6) is 0 Å². The van der Waals surface area contributed by atoms with E-state index in [2.05, 4.69) is 31.5 Å². The first-order chi connectivity index (χ1) is 12.1. The third-order valence-corrected chi connectivity index (χ3v) is 4.85. The zero-order valence-electron chi connectivity index (χ0n) is 14.6. The van der Waals surface area contributed by atoms with E-state index in [1.165, 1.54) is 16.5 Å². The first kappa shape index (κ1) is 15.9. The van der Waals surface area contributed by atoms with E-state index in [-0.39, 0.29) is 5.91 Å². The van der Waals surface area contributed by atoms with Gasteiger partial charge in [0, 0.05) is 23.0 Å². The van der Waals surface area contributed by atoms with Gasteiger partial charge in [-0.3, -0.25) is 9.89 Å². The van der Waals surface area contributed by atoms with E-state index in [0.717, 1.165) is 42.7 Å². The van der Waals surface area contributed by atoms with E-state index in [4.69, 9.17) is 0 Å². The number of amides is 1. The van der Waals surface area contributed by atoms with Crippen molar-refractivity contribution in [1.82, 2.24) is 25.4 Å². The maximum atomic E-state index is 12.4. The van der Waals surface area contributed by atoms with Crippen LogP contribution in [0.2, 0.25) is 0 Å². The molecule has 0 aliphatic heterocycles. The minimum absolute atomic E-state index is 0.0181. The molecule has 6 heteroatoms. The molecule has 1 amide bonds. The van der Waals surface area contributed by atoms with Crippen LogP contribution in [-0.4, -0.2) is 53.2 Å². The van der Waals surface area contributed by atoms with Gasteiger partial charge in [-0.2, -0.15) is 5.10 Å². The molecule has 0 fully saturated rings. The lowest BCUT2D eigenvalue weighted by molar-refractivity contribution is 0.0952. The average Bonchev–Trinajstić information content (AvgIpc) is 3.21. The number of carbonyl (C=O) groups is 1. The first-order valence-electron chi connectivity index (χ1n) is 8.73. The maximum Gasteiger partial charge on any atom is 0.251 e. The summed E-state index contributed by atoms with van der Waals surface area (Å²) in [6, 6.07) is 5.92. The molecule has 0 saturated carbocycles. The largest absolute Gasteiger partial charge is 0.353 e. The summed E-state index contributed by atoms with van der Waals surface area (Å²) in [5.74, 6) is -0.0181. The second kappa shape index (κ2) is 6.37. The topological polar surface area (TPSA) is 76.8 Å². The number of hydrogen-bond acceptors (Lipinski definition) is 3. The highest BCUT2D eigenvalue weighted by molar-refractivity contribution is 6.00. The van der Waals surface area contributed by atoms with Crippen molar-refractivity contribution in [2.24, 2.45) is 0 Å². The van der Waals surface area contributed by atoms with Gasteiger partial charge in [-0.05, 0) is 63.2 Å². The second-order valence-corrected chi connectivity index (χ2v) is 6.92. The number of fused-ring (bicyclic) bond motifs is 5. The monoisotopic (exact) mass is 337 g/mol. The van der Waals surface area contributed by atoms with Gasteiger partial charge >= 0.3 is 0 Å². The lowest BCUT2D eigenvalue weighted by Gasteiger charge is -2.11. The van der Waals surface area contributed by atoms with Gasteiger partial charge in [0.2, 0.25) is 0 Å². The molecule has 0 spiro atoms. The van der Waals surface area contributed by atoms with Gasteiger partial charge in [0.1, 0.15) is 0 Å². The molecular formula is C19H23N5O. The Morgan fingerprint density at radius 3 is 3.00 bits per heavy atom. The Morgan fingerprint density at radius 1 is 1.28 bits per heavy atom. The molecule has 2 aromatic heterocycles. The molecule has 0 bridgehead atoms. The van der Waals surface area contributed by atoms with Crippen LogP contribution in [0.25, 0.3) is 22.3 Å². The number of aromatic amines is 2. The smallest absolute Gasteiger partial charge is 0.251 e. The van der Waals surface area contributed by atoms with Crippen LogP contribution in [0.1, 0.15) is 27.9 Å². The molecule has 6 nitrogen and oxygen atoms in total. The number of aryl methyl sites for hydroxylation is 2. The van der Waals surface area contributed by atoms with Crippen LogP contribution in [0.15, 0.2) is 24.4 Å². The minimum atomic E-state index is -0.0181. The van der Waals surface area contributed by atoms with E-state index in [0.29, 0.717) is 12.1 Å². The number of hydrogen-bond donors (Lipinski definition) is 3. The molecule has 1 aliphatic carbocycles. The number of carbonyl (C=O) groups excluding carboxylic acids is 1. The van der Waals surface area contributed by atoms with Crippen LogP contribution in [0.3, 0.4) is 0 Å². The van der Waals surface area contributed by atoms with E-state index in [1.54, 1.807) is 0 Å². The van der Waals surface area contributed by atoms with Gasteiger partial charge in [0.05, 0.1) is 17.6 Å². The van der Waals surface area contributed by atoms with E-state index in [1.807, 2.05) is 32.4 Å². The van der Waals surface area contributed by atoms with E-state index >= 15 is 0 Å². The summed E-state index contributed by atoms with van der Waals surface area (Å²) in [5.41, 5.74) is 6.45. The number of H-pyrrole nitrogens is 2. The molecule has 3 aromatic rings. The molecule has 1 aliphatic rings. The molecule has 1 aromatic carbocycles. The van der Waals surface area contributed by atoms with Gasteiger partial charge < -0.3 is 15.2 Å². The Balaban J connectivity index is 1.56. The summed E-state index contributed by atoms with van der Waals surface area (Å²) in [6.07, 6.45) is 4.84. The second-order valence-electron chi connectivity index (χ2n) is 6.92. The quantitative estimate of drug-likeness (QED) is 0.626. The fraction of sp³-hybridized carbons (Fsp3) is 0.368. The average molecular weight is 337 g/mol. The van der Waals surface area contributed by atoms with Gasteiger partial charge in [0.15, 0.2) is 0 Å². The van der Waals surface area contributed by atoms with Crippen molar-refractivity contribution in [2.45, 2.75) is 19.3 Å². The molecule has 4 rings (SSSR count). The molecule has 0 radical (unpaired) electrons. The SMILES string of the molecule is CN(C)CCCNC(=O)c1ccc2c3c([nH]c2c1)-c1[nH]ncc1CC3. The van der Waals surface area contributed by atoms with Crippen molar-refractivity contribution in [3.63, 3.8) is 0 Å². The van der Waals surface area contributed by atoms with Crippen molar-refractivity contribution in [3.05, 3.63) is 41.1 Å². The highest BCUT2D eigenvalue weighted by atomic mass is 16.1. The van der Waals surface area contributed by atoms with Crippen molar-refractivity contribution >= 4 is 16.8 Å². The highest BCUT2D eigenvalue weighted by Gasteiger charge is 2.22. The Hall–Kier alpha value is -2.60. The Labute approximate surface area is 146 Å². The fourth-order valence-electron chi connectivity index (χ4n) is 3.55. The van der Waals surface area contributed by atoms with Crippen LogP contribution >= 0.6 is 0 Å². The summed E-state index contributed by atoms with van der Waals surface area (Å²) in [5, 5.41) is 11.4. The maximum absolute atomic E-state index is 12.4. The lowest BCUT2D eigenvalue weighted by Crippen LogP contribution is -2.27. The molecule has 2 heterocycles. The Bertz CT molecular complexity index is 921. The summed E-state index contributed by atoms with van der Waals surface area (Å²) >= 11 is 0. The van der Waals surface area contributed by atoms with Crippen LogP contribution in [0, 0.1) is 0 Å². The van der Waals surface area contributed by atoms with Crippen molar-refractivity contribution in [2.75, 3.05) is 27.2 Å². The number of nitrogens with zero attached hydrogens (tertiary/aromatic N) is 2. The van der Waals surface area contributed by atoms with E-state index in [9.17, 15) is 4.79 Å². The number of nitrogens with one attached hydrogen (secondary N) is 3. The van der Waals surface area contributed by atoms with Crippen molar-refractivity contribution in [1.29, 1.82) is 0 Å². The third-order valence-electron chi connectivity index (χ3n) is 4.85. The summed E-state index contributed by atoms with van der Waals surface area (Å²) in [4.78, 5) is 18.0. The predicted molar refractivity (Wildman–Crippen MR) is 98.8 cm³/mol. The van der Waals surface area contributed by atoms with Gasteiger partial charge in [-0.15, -0.1) is 0 Å². The zero-order chi connectivity index (χ0) is 17.4. The molecule has 3 N–H and O–H groups in total. The molecule has 130 valence electrons. The third kappa shape index (κ3) is 2.93. The summed E-state index contributed by atoms with van der Waals surface area (Å²) < 4.78 is 0. The van der Waals surface area contributed by atoms with Gasteiger partial charge in [0.25, 0.3) is 5.91 Å². The standard InChI is InChI=1S/C19H23N5O/c1-24(2)9-3-8-20-19(25)12-4-6-14-15-7-5-13-11-21-23-17(13)18(15)22-16(14)10-12/h4,6,10-11,22H,3,5,7-9H2,1-2H3,(H,20,25)(H,21,23). The Morgan fingerprint density at radius 2 is 2.16 bits per heavy atom. The van der Waals surface area contributed by atoms with Crippen LogP contribution in [-0.2, 0) is 12.8 Å². The van der Waals surface area contributed by atoms with Gasteiger partial charge in [-0.1, -0.05) is 6.07 Å². The van der Waals surface area contributed by atoms with Crippen LogP contribution in [0.4, 0.5) is 0 Å². The predicted octanol–water partition coefficient (Wildman–Crippen LogP) is 2.34. The minimum Gasteiger partial charge on any atom is -0.353 e. The number of benzene rings is 1.